The van der Waals surface area contributed by atoms with Gasteiger partial charge < -0.3 is 14.7 Å². The third-order valence-corrected chi connectivity index (χ3v) is 4.78. The molecule has 2 saturated heterocycles. The highest BCUT2D eigenvalue weighted by atomic mass is 16.5. The third-order valence-electron chi connectivity index (χ3n) is 4.78. The van der Waals surface area contributed by atoms with Crippen LogP contribution < -0.4 is 0 Å². The molecule has 0 aliphatic carbocycles. The Morgan fingerprint density at radius 3 is 2.57 bits per heavy atom. The largest absolute Gasteiger partial charge is 0.480 e. The summed E-state index contributed by atoms with van der Waals surface area (Å²) in [6.45, 7) is 4.66. The summed E-state index contributed by atoms with van der Waals surface area (Å²) in [6, 6.07) is 2.27. The van der Waals surface area contributed by atoms with Crippen molar-refractivity contribution in [1.29, 1.82) is 0 Å². The van der Waals surface area contributed by atoms with Gasteiger partial charge in [0.25, 0.3) is 5.91 Å². The molecule has 3 heterocycles. The zero-order valence-electron chi connectivity index (χ0n) is 13.1. The van der Waals surface area contributed by atoms with E-state index < -0.39 is 17.7 Å². The molecular weight excluding hydrogens is 298 g/mol. The summed E-state index contributed by atoms with van der Waals surface area (Å²) in [7, 11) is 0. The maximum Gasteiger partial charge on any atom is 0.328 e. The van der Waals surface area contributed by atoms with Crippen LogP contribution in [-0.4, -0.2) is 69.8 Å². The number of nitrogens with zero attached hydrogens (tertiary/aromatic N) is 3. The number of carboxylic acid groups (broad SMARTS) is 1. The normalized spacial score (nSPS) is 24.0. The molecule has 1 spiro atoms. The Kier molecular flexibility index (Phi) is 4.32. The van der Waals surface area contributed by atoms with Crippen molar-refractivity contribution in [2.75, 3.05) is 26.2 Å². The summed E-state index contributed by atoms with van der Waals surface area (Å²) in [5.74, 6) is -1.33. The molecule has 2 aliphatic heterocycles. The third kappa shape index (κ3) is 2.82. The second-order valence-corrected chi connectivity index (χ2v) is 5.96. The van der Waals surface area contributed by atoms with Crippen molar-refractivity contribution in [2.45, 2.75) is 31.5 Å². The van der Waals surface area contributed by atoms with Crippen molar-refractivity contribution < 1.29 is 19.4 Å². The van der Waals surface area contributed by atoms with E-state index in [1.807, 2.05) is 0 Å². The first-order valence-electron chi connectivity index (χ1n) is 7.90. The predicted octanol–water partition coefficient (Wildman–Crippen LogP) is 0.819. The van der Waals surface area contributed by atoms with Gasteiger partial charge in [0.2, 0.25) is 0 Å². The number of piperidine rings is 1. The fourth-order valence-electron chi connectivity index (χ4n) is 3.41. The van der Waals surface area contributed by atoms with Gasteiger partial charge in [0.1, 0.15) is 5.72 Å². The number of aliphatic carboxylic acids is 1. The van der Waals surface area contributed by atoms with Crippen LogP contribution in [0.2, 0.25) is 0 Å². The molecule has 1 aromatic rings. The fraction of sp³-hybridized carbons (Fsp3) is 0.562. The van der Waals surface area contributed by atoms with Crippen LogP contribution in [0, 0.1) is 0 Å². The van der Waals surface area contributed by atoms with Gasteiger partial charge in [-0.25, -0.2) is 4.79 Å². The molecule has 1 unspecified atom stereocenters. The molecule has 1 amide bonds. The van der Waals surface area contributed by atoms with Gasteiger partial charge in [-0.2, -0.15) is 0 Å². The van der Waals surface area contributed by atoms with Gasteiger partial charge in [0.15, 0.2) is 6.04 Å². The molecule has 0 aromatic carbocycles. The highest BCUT2D eigenvalue weighted by molar-refractivity contribution is 5.97. The van der Waals surface area contributed by atoms with E-state index in [0.717, 1.165) is 19.6 Å². The van der Waals surface area contributed by atoms with E-state index >= 15 is 0 Å². The molecule has 2 aliphatic rings. The minimum absolute atomic E-state index is 0.0400. The monoisotopic (exact) mass is 319 g/mol. The Morgan fingerprint density at radius 1 is 1.35 bits per heavy atom. The van der Waals surface area contributed by atoms with Crippen LogP contribution in [0.5, 0.6) is 0 Å². The molecule has 1 aromatic heterocycles. The van der Waals surface area contributed by atoms with Gasteiger partial charge in [0.05, 0.1) is 6.61 Å². The minimum Gasteiger partial charge on any atom is -0.480 e. The molecule has 0 bridgehead atoms. The highest BCUT2D eigenvalue weighted by Crippen LogP contribution is 2.38. The minimum atomic E-state index is -1.03. The zero-order chi connectivity index (χ0) is 16.4. The van der Waals surface area contributed by atoms with Gasteiger partial charge in [0, 0.05) is 43.9 Å². The SMILES string of the molecule is CCN1CCC2(CC1)OCC(C(=O)O)N2C(=O)c1ccncc1. The first-order valence-corrected chi connectivity index (χ1v) is 7.90. The number of carbonyl (C=O) groups is 2. The van der Waals surface area contributed by atoms with Crippen molar-refractivity contribution in [2.24, 2.45) is 0 Å². The van der Waals surface area contributed by atoms with E-state index in [1.165, 1.54) is 17.3 Å². The standard InChI is InChI=1S/C16H21N3O4/c1-2-18-9-5-16(6-10-18)19(13(11-23-16)15(21)22)14(20)12-3-7-17-8-4-12/h3-4,7-8,13H,2,5-6,9-11H2,1H3,(H,21,22). The molecule has 7 heteroatoms. The number of hydrogen-bond acceptors (Lipinski definition) is 5. The number of carbonyl (C=O) groups excluding carboxylic acids is 1. The van der Waals surface area contributed by atoms with Crippen LogP contribution in [0.3, 0.4) is 0 Å². The number of carboxylic acids is 1. The summed E-state index contributed by atoms with van der Waals surface area (Å²) >= 11 is 0. The lowest BCUT2D eigenvalue weighted by Crippen LogP contribution is -2.58. The summed E-state index contributed by atoms with van der Waals surface area (Å²) in [5, 5.41) is 9.49. The van der Waals surface area contributed by atoms with E-state index in [1.54, 1.807) is 12.1 Å². The Morgan fingerprint density at radius 2 is 2.00 bits per heavy atom. The number of likely N-dealkylation sites (tertiary alicyclic amines) is 1. The summed E-state index contributed by atoms with van der Waals surface area (Å²) in [6.07, 6.45) is 4.32. The van der Waals surface area contributed by atoms with Crippen LogP contribution in [0.4, 0.5) is 0 Å². The summed E-state index contributed by atoms with van der Waals surface area (Å²) < 4.78 is 5.89. The molecule has 2 fully saturated rings. The molecule has 0 saturated carbocycles. The number of pyridine rings is 1. The lowest BCUT2D eigenvalue weighted by Gasteiger charge is -2.44. The van der Waals surface area contributed by atoms with E-state index in [2.05, 4.69) is 16.8 Å². The van der Waals surface area contributed by atoms with Gasteiger partial charge in [-0.15, -0.1) is 0 Å². The smallest absolute Gasteiger partial charge is 0.328 e. The Hall–Kier alpha value is -1.99. The van der Waals surface area contributed by atoms with Crippen molar-refractivity contribution in [1.82, 2.24) is 14.8 Å². The van der Waals surface area contributed by atoms with E-state index in [-0.39, 0.29) is 12.5 Å². The number of hydrogen-bond donors (Lipinski definition) is 1. The van der Waals surface area contributed by atoms with Gasteiger partial charge in [-0.05, 0) is 18.7 Å². The number of ether oxygens (including phenoxy) is 1. The average Bonchev–Trinajstić information content (AvgIpc) is 2.95. The topological polar surface area (TPSA) is 83.0 Å². The van der Waals surface area contributed by atoms with Crippen LogP contribution in [-0.2, 0) is 9.53 Å². The quantitative estimate of drug-likeness (QED) is 0.888. The van der Waals surface area contributed by atoms with Gasteiger partial charge in [-0.3, -0.25) is 14.7 Å². The van der Waals surface area contributed by atoms with E-state index in [0.29, 0.717) is 18.4 Å². The molecule has 124 valence electrons. The van der Waals surface area contributed by atoms with Crippen molar-refractivity contribution in [3.63, 3.8) is 0 Å². The molecule has 1 N–H and O–H groups in total. The fourth-order valence-corrected chi connectivity index (χ4v) is 3.41. The molecule has 0 radical (unpaired) electrons. The van der Waals surface area contributed by atoms with E-state index in [9.17, 15) is 14.7 Å². The second kappa shape index (κ2) is 6.25. The maximum atomic E-state index is 12.9. The summed E-state index contributed by atoms with van der Waals surface area (Å²) in [5.41, 5.74) is -0.372. The molecular formula is C16H21N3O4. The lowest BCUT2D eigenvalue weighted by atomic mass is 9.97. The van der Waals surface area contributed by atoms with Crippen LogP contribution in [0.15, 0.2) is 24.5 Å². The maximum absolute atomic E-state index is 12.9. The molecule has 3 rings (SSSR count). The Labute approximate surface area is 134 Å². The Balaban J connectivity index is 1.91. The lowest BCUT2D eigenvalue weighted by molar-refractivity contribution is -0.143. The van der Waals surface area contributed by atoms with Gasteiger partial charge in [-0.1, -0.05) is 6.92 Å². The zero-order valence-corrected chi connectivity index (χ0v) is 13.1. The number of rotatable bonds is 3. The van der Waals surface area contributed by atoms with Crippen molar-refractivity contribution >= 4 is 11.9 Å². The van der Waals surface area contributed by atoms with Crippen LogP contribution >= 0.6 is 0 Å². The first kappa shape index (κ1) is 15.9. The molecule has 23 heavy (non-hydrogen) atoms. The van der Waals surface area contributed by atoms with Crippen LogP contribution in [0.1, 0.15) is 30.1 Å². The highest BCUT2D eigenvalue weighted by Gasteiger charge is 2.53. The first-order chi connectivity index (χ1) is 11.1. The second-order valence-electron chi connectivity index (χ2n) is 5.96. The molecule has 7 nitrogen and oxygen atoms in total. The number of aromatic nitrogens is 1. The van der Waals surface area contributed by atoms with Crippen molar-refractivity contribution in [3.8, 4) is 0 Å². The number of amides is 1. The average molecular weight is 319 g/mol. The van der Waals surface area contributed by atoms with Crippen LogP contribution in [0.25, 0.3) is 0 Å². The van der Waals surface area contributed by atoms with Crippen molar-refractivity contribution in [3.05, 3.63) is 30.1 Å². The predicted molar refractivity (Wildman–Crippen MR) is 81.9 cm³/mol. The summed E-state index contributed by atoms with van der Waals surface area (Å²) in [4.78, 5) is 32.2. The van der Waals surface area contributed by atoms with Gasteiger partial charge >= 0.3 is 5.97 Å². The molecule has 1 atom stereocenters. The van der Waals surface area contributed by atoms with E-state index in [4.69, 9.17) is 4.74 Å². The Bertz CT molecular complexity index is 584.